The minimum atomic E-state index is -0.890. The van der Waals surface area contributed by atoms with Crippen molar-refractivity contribution >= 4 is 23.6 Å². The third kappa shape index (κ3) is 2.36. The van der Waals surface area contributed by atoms with Crippen molar-refractivity contribution in [3.05, 3.63) is 23.8 Å². The summed E-state index contributed by atoms with van der Waals surface area (Å²) in [4.78, 5) is 49.1. The monoisotopic (exact) mass is 344 g/mol. The molecule has 3 aliphatic heterocycles. The lowest BCUT2D eigenvalue weighted by Gasteiger charge is -2.50. The van der Waals surface area contributed by atoms with Crippen LogP contribution in [-0.4, -0.2) is 49.3 Å². The average Bonchev–Trinajstić information content (AvgIpc) is 2.90. The van der Waals surface area contributed by atoms with Gasteiger partial charge in [-0.2, -0.15) is 0 Å². The summed E-state index contributed by atoms with van der Waals surface area (Å²) in [7, 11) is 0. The zero-order valence-electron chi connectivity index (χ0n) is 13.6. The number of allylic oxidation sites excluding steroid dienone is 2. The maximum absolute atomic E-state index is 12.7. The van der Waals surface area contributed by atoms with Gasteiger partial charge in [-0.3, -0.25) is 29.8 Å². The fourth-order valence-corrected chi connectivity index (χ4v) is 4.67. The fourth-order valence-electron chi connectivity index (χ4n) is 4.67. The Bertz CT molecular complexity index is 722. The van der Waals surface area contributed by atoms with E-state index in [9.17, 15) is 19.2 Å². The van der Waals surface area contributed by atoms with Gasteiger partial charge in [-0.1, -0.05) is 18.2 Å². The number of hydrogen-bond acceptors (Lipinski definition) is 6. The van der Waals surface area contributed by atoms with E-state index in [-0.39, 0.29) is 30.2 Å². The molecule has 0 aromatic carbocycles. The zero-order chi connectivity index (χ0) is 17.6. The van der Waals surface area contributed by atoms with Crippen molar-refractivity contribution < 1.29 is 19.2 Å². The van der Waals surface area contributed by atoms with Crippen LogP contribution in [-0.2, 0) is 19.2 Å². The number of piperidine rings is 1. The SMILES string of the molecule is O=C1CCC(C2(C3CNCCN3)C=CC=C3C(=O)NC(=O)C32)C(=O)N1. The van der Waals surface area contributed by atoms with Gasteiger partial charge in [0.05, 0.1) is 11.8 Å². The van der Waals surface area contributed by atoms with E-state index in [1.54, 1.807) is 12.2 Å². The lowest BCUT2D eigenvalue weighted by Crippen LogP contribution is -2.65. The molecule has 4 unspecified atom stereocenters. The van der Waals surface area contributed by atoms with Gasteiger partial charge in [0.15, 0.2) is 0 Å². The predicted molar refractivity (Wildman–Crippen MR) is 86.8 cm³/mol. The predicted octanol–water partition coefficient (Wildman–Crippen LogP) is -1.64. The highest BCUT2D eigenvalue weighted by Gasteiger charge is 2.60. The molecule has 4 amide bonds. The van der Waals surface area contributed by atoms with E-state index in [2.05, 4.69) is 21.3 Å². The van der Waals surface area contributed by atoms with Crippen LogP contribution >= 0.6 is 0 Å². The van der Waals surface area contributed by atoms with Crippen LogP contribution in [0.15, 0.2) is 23.8 Å². The van der Waals surface area contributed by atoms with Crippen molar-refractivity contribution in [2.45, 2.75) is 18.9 Å². The van der Waals surface area contributed by atoms with E-state index in [1.807, 2.05) is 6.08 Å². The molecule has 132 valence electrons. The van der Waals surface area contributed by atoms with E-state index >= 15 is 0 Å². The first-order valence-corrected chi connectivity index (χ1v) is 8.56. The summed E-state index contributed by atoms with van der Waals surface area (Å²) in [5.41, 5.74) is -0.497. The van der Waals surface area contributed by atoms with Crippen LogP contribution in [0.2, 0.25) is 0 Å². The van der Waals surface area contributed by atoms with Crippen LogP contribution in [0.25, 0.3) is 0 Å². The van der Waals surface area contributed by atoms with Crippen LogP contribution in [0.1, 0.15) is 12.8 Å². The van der Waals surface area contributed by atoms with Crippen molar-refractivity contribution in [2.24, 2.45) is 17.3 Å². The smallest absolute Gasteiger partial charge is 0.254 e. The number of piperazine rings is 1. The summed E-state index contributed by atoms with van der Waals surface area (Å²) < 4.78 is 0. The molecule has 4 aliphatic rings. The Hall–Kier alpha value is -2.32. The van der Waals surface area contributed by atoms with E-state index in [0.717, 1.165) is 6.54 Å². The van der Waals surface area contributed by atoms with Gasteiger partial charge < -0.3 is 10.6 Å². The molecule has 3 saturated heterocycles. The quantitative estimate of drug-likeness (QED) is 0.446. The molecule has 4 N–H and O–H groups in total. The summed E-state index contributed by atoms with van der Waals surface area (Å²) in [6.07, 6.45) is 5.87. The molecule has 0 saturated carbocycles. The fraction of sp³-hybridized carbons (Fsp3) is 0.529. The van der Waals surface area contributed by atoms with Crippen LogP contribution in [0.5, 0.6) is 0 Å². The molecule has 8 heteroatoms. The minimum Gasteiger partial charge on any atom is -0.314 e. The molecule has 4 rings (SSSR count). The number of imide groups is 2. The van der Waals surface area contributed by atoms with Crippen LogP contribution < -0.4 is 21.3 Å². The average molecular weight is 344 g/mol. The van der Waals surface area contributed by atoms with Crippen molar-refractivity contribution in [1.29, 1.82) is 0 Å². The summed E-state index contributed by atoms with van der Waals surface area (Å²) in [5.74, 6) is -2.75. The second kappa shape index (κ2) is 5.89. The van der Waals surface area contributed by atoms with E-state index in [1.165, 1.54) is 0 Å². The molecule has 3 fully saturated rings. The standard InChI is InChI=1S/C17H20N4O4/c22-12-4-3-10(15(24)20-12)17(11-8-18-6-7-19-11)5-1-2-9-13(17)16(25)21-14(9)23/h1-2,5,10-11,13,18-19H,3-4,6-8H2,(H,20,22,24)(H,21,23,25). The number of rotatable bonds is 2. The molecule has 0 aromatic heterocycles. The van der Waals surface area contributed by atoms with Crippen LogP contribution in [0.4, 0.5) is 0 Å². The first kappa shape index (κ1) is 16.2. The zero-order valence-corrected chi connectivity index (χ0v) is 13.6. The lowest BCUT2D eigenvalue weighted by atomic mass is 9.56. The van der Waals surface area contributed by atoms with Gasteiger partial charge in [0.25, 0.3) is 5.91 Å². The number of hydrogen-bond donors (Lipinski definition) is 4. The molecule has 0 bridgehead atoms. The first-order chi connectivity index (χ1) is 12.0. The Kier molecular flexibility index (Phi) is 3.81. The van der Waals surface area contributed by atoms with Gasteiger partial charge in [-0.15, -0.1) is 0 Å². The highest BCUT2D eigenvalue weighted by Crippen LogP contribution is 2.51. The van der Waals surface area contributed by atoms with Gasteiger partial charge in [0, 0.05) is 43.1 Å². The van der Waals surface area contributed by atoms with Gasteiger partial charge in [0.1, 0.15) is 0 Å². The maximum atomic E-state index is 12.7. The number of fused-ring (bicyclic) bond motifs is 1. The maximum Gasteiger partial charge on any atom is 0.254 e. The lowest BCUT2D eigenvalue weighted by molar-refractivity contribution is -0.142. The Labute approximate surface area is 144 Å². The van der Waals surface area contributed by atoms with Crippen molar-refractivity contribution in [1.82, 2.24) is 21.3 Å². The molecule has 25 heavy (non-hydrogen) atoms. The van der Waals surface area contributed by atoms with E-state index in [0.29, 0.717) is 25.1 Å². The molecule has 0 spiro atoms. The normalized spacial score (nSPS) is 38.1. The number of nitrogens with one attached hydrogen (secondary N) is 4. The molecule has 1 aliphatic carbocycles. The summed E-state index contributed by atoms with van der Waals surface area (Å²) >= 11 is 0. The third-order valence-corrected chi connectivity index (χ3v) is 5.72. The van der Waals surface area contributed by atoms with Crippen molar-refractivity contribution in [3.63, 3.8) is 0 Å². The molecule has 4 atom stereocenters. The molecule has 0 aromatic rings. The number of carbonyl (C=O) groups is 4. The Morgan fingerprint density at radius 1 is 1.04 bits per heavy atom. The third-order valence-electron chi connectivity index (χ3n) is 5.72. The van der Waals surface area contributed by atoms with Gasteiger partial charge in [-0.25, -0.2) is 0 Å². The molecule has 8 nitrogen and oxygen atoms in total. The molecular formula is C17H20N4O4. The van der Waals surface area contributed by atoms with Gasteiger partial charge in [-0.05, 0) is 6.42 Å². The summed E-state index contributed by atoms with van der Waals surface area (Å²) in [6.45, 7) is 2.08. The van der Waals surface area contributed by atoms with Crippen molar-refractivity contribution in [2.75, 3.05) is 19.6 Å². The highest BCUT2D eigenvalue weighted by atomic mass is 16.2. The Morgan fingerprint density at radius 3 is 2.60 bits per heavy atom. The topological polar surface area (TPSA) is 116 Å². The summed E-state index contributed by atoms with van der Waals surface area (Å²) in [6, 6.07) is -0.202. The van der Waals surface area contributed by atoms with Crippen molar-refractivity contribution in [3.8, 4) is 0 Å². The van der Waals surface area contributed by atoms with Gasteiger partial charge in [0.2, 0.25) is 17.7 Å². The molecule has 0 radical (unpaired) electrons. The Balaban J connectivity index is 1.82. The summed E-state index contributed by atoms with van der Waals surface area (Å²) in [5, 5.41) is 11.5. The number of carbonyl (C=O) groups excluding carboxylic acids is 4. The van der Waals surface area contributed by atoms with E-state index < -0.39 is 23.2 Å². The first-order valence-electron chi connectivity index (χ1n) is 8.56. The van der Waals surface area contributed by atoms with Crippen LogP contribution in [0, 0.1) is 17.3 Å². The largest absolute Gasteiger partial charge is 0.314 e. The van der Waals surface area contributed by atoms with Gasteiger partial charge >= 0.3 is 0 Å². The Morgan fingerprint density at radius 2 is 1.88 bits per heavy atom. The van der Waals surface area contributed by atoms with E-state index in [4.69, 9.17) is 0 Å². The highest BCUT2D eigenvalue weighted by molar-refractivity contribution is 6.16. The molecule has 3 heterocycles. The second-order valence-corrected chi connectivity index (χ2v) is 6.95. The van der Waals surface area contributed by atoms with Crippen LogP contribution in [0.3, 0.4) is 0 Å². The number of amides is 4. The molecular weight excluding hydrogens is 324 g/mol. The minimum absolute atomic E-state index is 0.202. The second-order valence-electron chi connectivity index (χ2n) is 6.95.